The van der Waals surface area contributed by atoms with Crippen LogP contribution in [0.25, 0.3) is 16.8 Å². The average molecular weight is 373 g/mol. The lowest BCUT2D eigenvalue weighted by molar-refractivity contribution is -0.384. The third-order valence-corrected chi connectivity index (χ3v) is 4.14. The van der Waals surface area contributed by atoms with E-state index in [1.165, 1.54) is 31.4 Å². The average Bonchev–Trinajstić information content (AvgIpc) is 2.72. The molecule has 3 rings (SSSR count). The number of anilines is 1. The van der Waals surface area contributed by atoms with E-state index in [0.717, 1.165) is 10.8 Å². The monoisotopic (exact) mass is 373 g/mol. The lowest BCUT2D eigenvalue weighted by Gasteiger charge is -2.07. The van der Waals surface area contributed by atoms with Gasteiger partial charge in [0, 0.05) is 0 Å². The predicted molar refractivity (Wildman–Crippen MR) is 106 cm³/mol. The van der Waals surface area contributed by atoms with Gasteiger partial charge in [0.1, 0.15) is 23.1 Å². The van der Waals surface area contributed by atoms with Crippen molar-refractivity contribution in [2.75, 3.05) is 12.4 Å². The van der Waals surface area contributed by atoms with Gasteiger partial charge in [-0.2, -0.15) is 5.26 Å². The van der Waals surface area contributed by atoms with Gasteiger partial charge in [0.25, 0.3) is 11.6 Å². The van der Waals surface area contributed by atoms with Gasteiger partial charge in [0.05, 0.1) is 18.1 Å². The van der Waals surface area contributed by atoms with Gasteiger partial charge in [-0.15, -0.1) is 0 Å². The minimum atomic E-state index is -0.733. The number of hydrogen-bond acceptors (Lipinski definition) is 5. The van der Waals surface area contributed by atoms with Crippen molar-refractivity contribution >= 4 is 34.1 Å². The first-order valence-corrected chi connectivity index (χ1v) is 8.27. The molecule has 0 bridgehead atoms. The SMILES string of the molecule is COc1ccc(NC(=O)/C(C#N)=C/c2cccc3ccccc23)c([N+](=O)[O-])c1. The Kier molecular flexibility index (Phi) is 5.33. The molecular formula is C21H15N3O4. The number of amides is 1. The van der Waals surface area contributed by atoms with Crippen molar-refractivity contribution in [3.63, 3.8) is 0 Å². The van der Waals surface area contributed by atoms with E-state index in [0.29, 0.717) is 5.56 Å². The fourth-order valence-electron chi connectivity index (χ4n) is 2.77. The molecule has 0 aliphatic heterocycles. The zero-order chi connectivity index (χ0) is 20.1. The number of methoxy groups -OCH3 is 1. The van der Waals surface area contributed by atoms with Crippen LogP contribution in [0.15, 0.2) is 66.2 Å². The Bertz CT molecular complexity index is 1140. The van der Waals surface area contributed by atoms with Crippen molar-refractivity contribution in [1.29, 1.82) is 5.26 Å². The molecule has 7 nitrogen and oxygen atoms in total. The number of nitro benzene ring substituents is 1. The number of fused-ring (bicyclic) bond motifs is 1. The summed E-state index contributed by atoms with van der Waals surface area (Å²) in [5.74, 6) is -0.444. The van der Waals surface area contributed by atoms with E-state index in [1.807, 2.05) is 42.5 Å². The fourth-order valence-corrected chi connectivity index (χ4v) is 2.77. The number of nitriles is 1. The second-order valence-electron chi connectivity index (χ2n) is 5.83. The third kappa shape index (κ3) is 3.81. The topological polar surface area (TPSA) is 105 Å². The molecular weight excluding hydrogens is 358 g/mol. The van der Waals surface area contributed by atoms with Crippen LogP contribution in [0.5, 0.6) is 5.75 Å². The van der Waals surface area contributed by atoms with E-state index < -0.39 is 10.8 Å². The molecule has 0 aliphatic rings. The first-order valence-electron chi connectivity index (χ1n) is 8.27. The molecule has 0 aliphatic carbocycles. The van der Waals surface area contributed by atoms with Crippen molar-refractivity contribution in [3.05, 3.63) is 81.9 Å². The molecule has 3 aromatic carbocycles. The summed E-state index contributed by atoms with van der Waals surface area (Å²) >= 11 is 0. The van der Waals surface area contributed by atoms with Gasteiger partial charge in [-0.25, -0.2) is 0 Å². The second-order valence-corrected chi connectivity index (χ2v) is 5.83. The molecule has 0 saturated carbocycles. The molecule has 0 spiro atoms. The summed E-state index contributed by atoms with van der Waals surface area (Å²) in [6, 6.07) is 19.1. The zero-order valence-electron chi connectivity index (χ0n) is 14.9. The van der Waals surface area contributed by atoms with Crippen molar-refractivity contribution in [2.24, 2.45) is 0 Å². The maximum absolute atomic E-state index is 12.6. The Morgan fingerprint density at radius 3 is 2.64 bits per heavy atom. The molecule has 138 valence electrons. The number of carbonyl (C=O) groups excluding carboxylic acids is 1. The largest absolute Gasteiger partial charge is 0.496 e. The van der Waals surface area contributed by atoms with E-state index in [1.54, 1.807) is 6.07 Å². The summed E-state index contributed by atoms with van der Waals surface area (Å²) in [5, 5.41) is 25.0. The Hall–Kier alpha value is -4.18. The van der Waals surface area contributed by atoms with Gasteiger partial charge in [-0.1, -0.05) is 42.5 Å². The van der Waals surface area contributed by atoms with Crippen molar-refractivity contribution in [2.45, 2.75) is 0 Å². The summed E-state index contributed by atoms with van der Waals surface area (Å²) in [4.78, 5) is 23.2. The van der Waals surface area contributed by atoms with Crippen molar-refractivity contribution in [3.8, 4) is 11.8 Å². The third-order valence-electron chi connectivity index (χ3n) is 4.14. The lowest BCUT2D eigenvalue weighted by Crippen LogP contribution is -2.14. The highest BCUT2D eigenvalue weighted by molar-refractivity contribution is 6.11. The van der Waals surface area contributed by atoms with Gasteiger partial charge >= 0.3 is 0 Å². The number of hydrogen-bond donors (Lipinski definition) is 1. The minimum absolute atomic E-state index is 0.0186. The first-order chi connectivity index (χ1) is 13.5. The van der Waals surface area contributed by atoms with Gasteiger partial charge < -0.3 is 10.1 Å². The fraction of sp³-hybridized carbons (Fsp3) is 0.0476. The molecule has 0 unspecified atom stereocenters. The Morgan fingerprint density at radius 2 is 1.93 bits per heavy atom. The molecule has 0 fully saturated rings. The molecule has 0 radical (unpaired) electrons. The summed E-state index contributed by atoms with van der Waals surface area (Å²) in [6.07, 6.45) is 1.47. The van der Waals surface area contributed by atoms with E-state index in [4.69, 9.17) is 4.74 Å². The smallest absolute Gasteiger partial charge is 0.296 e. The summed E-state index contributed by atoms with van der Waals surface area (Å²) < 4.78 is 4.97. The van der Waals surface area contributed by atoms with Crippen LogP contribution in [-0.2, 0) is 4.79 Å². The molecule has 28 heavy (non-hydrogen) atoms. The van der Waals surface area contributed by atoms with Gasteiger partial charge in [0.15, 0.2) is 0 Å². The van der Waals surface area contributed by atoms with Crippen LogP contribution in [0.1, 0.15) is 5.56 Å². The number of carbonyl (C=O) groups is 1. The number of ether oxygens (including phenoxy) is 1. The summed E-state index contributed by atoms with van der Waals surface area (Å²) in [5.41, 5.74) is 0.195. The zero-order valence-corrected chi connectivity index (χ0v) is 14.9. The highest BCUT2D eigenvalue weighted by atomic mass is 16.6. The molecule has 1 N–H and O–H groups in total. The van der Waals surface area contributed by atoms with Crippen LogP contribution in [0.4, 0.5) is 11.4 Å². The Morgan fingerprint density at radius 1 is 1.18 bits per heavy atom. The van der Waals surface area contributed by atoms with Gasteiger partial charge in [-0.3, -0.25) is 14.9 Å². The van der Waals surface area contributed by atoms with Crippen LogP contribution in [0.2, 0.25) is 0 Å². The minimum Gasteiger partial charge on any atom is -0.496 e. The molecule has 0 heterocycles. The molecule has 3 aromatic rings. The van der Waals surface area contributed by atoms with E-state index >= 15 is 0 Å². The number of nitro groups is 1. The van der Waals surface area contributed by atoms with Gasteiger partial charge in [-0.05, 0) is 34.5 Å². The van der Waals surface area contributed by atoms with E-state index in [2.05, 4.69) is 5.32 Å². The normalized spacial score (nSPS) is 10.9. The van der Waals surface area contributed by atoms with Crippen LogP contribution in [0, 0.1) is 21.4 Å². The molecule has 7 heteroatoms. The Labute approximate surface area is 160 Å². The van der Waals surface area contributed by atoms with Crippen molar-refractivity contribution < 1.29 is 14.5 Å². The maximum atomic E-state index is 12.6. The standard InChI is InChI=1S/C21H15N3O4/c1-28-17-9-10-19(20(12-17)24(26)27)23-21(25)16(13-22)11-15-7-4-6-14-5-2-3-8-18(14)15/h2-12H,1H3,(H,23,25)/b16-11+. The van der Waals surface area contributed by atoms with Crippen LogP contribution >= 0.6 is 0 Å². The molecule has 0 aromatic heterocycles. The second kappa shape index (κ2) is 8.01. The molecule has 1 amide bonds. The van der Waals surface area contributed by atoms with Crippen molar-refractivity contribution in [1.82, 2.24) is 0 Å². The lowest BCUT2D eigenvalue weighted by atomic mass is 10.0. The van der Waals surface area contributed by atoms with Crippen LogP contribution in [0.3, 0.4) is 0 Å². The highest BCUT2D eigenvalue weighted by Crippen LogP contribution is 2.29. The maximum Gasteiger partial charge on any atom is 0.296 e. The molecule has 0 saturated heterocycles. The van der Waals surface area contributed by atoms with Crippen LogP contribution < -0.4 is 10.1 Å². The Balaban J connectivity index is 1.96. The number of rotatable bonds is 5. The van der Waals surface area contributed by atoms with E-state index in [9.17, 15) is 20.2 Å². The van der Waals surface area contributed by atoms with Gasteiger partial charge in [0.2, 0.25) is 0 Å². The predicted octanol–water partition coefficient (Wildman–Crippen LogP) is 4.30. The number of nitrogens with one attached hydrogen (secondary N) is 1. The quantitative estimate of drug-likeness (QED) is 0.311. The number of nitrogens with zero attached hydrogens (tertiary/aromatic N) is 2. The number of benzene rings is 3. The summed E-state index contributed by atoms with van der Waals surface area (Å²) in [6.45, 7) is 0. The highest BCUT2D eigenvalue weighted by Gasteiger charge is 2.19. The van der Waals surface area contributed by atoms with E-state index in [-0.39, 0.29) is 22.7 Å². The molecule has 0 atom stereocenters. The van der Waals surface area contributed by atoms with Crippen LogP contribution in [-0.4, -0.2) is 17.9 Å². The summed E-state index contributed by atoms with van der Waals surface area (Å²) in [7, 11) is 1.39. The first kappa shape index (κ1) is 18.6.